The summed E-state index contributed by atoms with van der Waals surface area (Å²) in [6.07, 6.45) is 1.15. The Hall–Kier alpha value is -2.34. The molecule has 0 heterocycles. The zero-order chi connectivity index (χ0) is 15.5. The second-order valence-corrected chi connectivity index (χ2v) is 6.70. The molecule has 0 unspecified atom stereocenters. The van der Waals surface area contributed by atoms with Crippen molar-refractivity contribution in [2.24, 2.45) is 0 Å². The first-order valence-corrected chi connectivity index (χ1v) is 8.19. The van der Waals surface area contributed by atoms with E-state index in [0.29, 0.717) is 17.8 Å². The van der Waals surface area contributed by atoms with Crippen LogP contribution in [0.25, 0.3) is 0 Å². The summed E-state index contributed by atoms with van der Waals surface area (Å²) in [6, 6.07) is 13.2. The summed E-state index contributed by atoms with van der Waals surface area (Å²) in [4.78, 5) is 12.2. The van der Waals surface area contributed by atoms with Crippen molar-refractivity contribution in [1.82, 2.24) is 5.32 Å². The number of benzene rings is 2. The standard InChI is InChI=1S/C15H16N2O3S/c1-21(19,20)12-8-6-11(7-9-12)10-17-15(18)13-4-2-3-5-14(13)16/h2-9H,10,16H2,1H3,(H,17,18). The van der Waals surface area contributed by atoms with Gasteiger partial charge in [0.15, 0.2) is 9.84 Å². The van der Waals surface area contributed by atoms with E-state index in [1.54, 1.807) is 36.4 Å². The molecule has 0 aliphatic rings. The summed E-state index contributed by atoms with van der Waals surface area (Å²) >= 11 is 0. The Bertz CT molecular complexity index is 753. The van der Waals surface area contributed by atoms with Crippen molar-refractivity contribution < 1.29 is 13.2 Å². The molecule has 6 heteroatoms. The van der Waals surface area contributed by atoms with Gasteiger partial charge in [-0.25, -0.2) is 8.42 Å². The molecule has 0 atom stereocenters. The molecule has 0 radical (unpaired) electrons. The molecule has 0 aliphatic heterocycles. The molecule has 0 aromatic heterocycles. The number of amides is 1. The van der Waals surface area contributed by atoms with Gasteiger partial charge in [0.25, 0.3) is 5.91 Å². The van der Waals surface area contributed by atoms with E-state index in [-0.39, 0.29) is 10.8 Å². The molecule has 0 saturated carbocycles. The summed E-state index contributed by atoms with van der Waals surface area (Å²) in [7, 11) is -3.20. The summed E-state index contributed by atoms with van der Waals surface area (Å²) in [6.45, 7) is 0.303. The predicted octanol–water partition coefficient (Wildman–Crippen LogP) is 1.60. The lowest BCUT2D eigenvalue weighted by Crippen LogP contribution is -2.23. The van der Waals surface area contributed by atoms with Gasteiger partial charge >= 0.3 is 0 Å². The molecular weight excluding hydrogens is 288 g/mol. The van der Waals surface area contributed by atoms with Crippen LogP contribution in [0.3, 0.4) is 0 Å². The van der Waals surface area contributed by atoms with Crippen molar-refractivity contribution in [2.45, 2.75) is 11.4 Å². The highest BCUT2D eigenvalue weighted by Gasteiger charge is 2.09. The third-order valence-corrected chi connectivity index (χ3v) is 4.14. The van der Waals surface area contributed by atoms with Gasteiger partial charge in [-0.1, -0.05) is 24.3 Å². The number of hydrogen-bond donors (Lipinski definition) is 2. The summed E-state index contributed by atoms with van der Waals surface area (Å²) in [5.41, 5.74) is 7.38. The minimum atomic E-state index is -3.20. The highest BCUT2D eigenvalue weighted by molar-refractivity contribution is 7.90. The van der Waals surface area contributed by atoms with E-state index in [0.717, 1.165) is 11.8 Å². The minimum Gasteiger partial charge on any atom is -0.398 e. The number of para-hydroxylation sites is 1. The fourth-order valence-electron chi connectivity index (χ4n) is 1.84. The second kappa shape index (κ2) is 5.97. The van der Waals surface area contributed by atoms with Crippen LogP contribution in [-0.2, 0) is 16.4 Å². The van der Waals surface area contributed by atoms with E-state index in [4.69, 9.17) is 5.73 Å². The van der Waals surface area contributed by atoms with Gasteiger partial charge in [-0.2, -0.15) is 0 Å². The number of sulfone groups is 1. The van der Waals surface area contributed by atoms with Gasteiger partial charge in [0, 0.05) is 18.5 Å². The van der Waals surface area contributed by atoms with E-state index in [2.05, 4.69) is 5.32 Å². The maximum absolute atomic E-state index is 12.0. The van der Waals surface area contributed by atoms with Crippen molar-refractivity contribution >= 4 is 21.4 Å². The molecule has 0 spiro atoms. The summed E-state index contributed by atoms with van der Waals surface area (Å²) in [5, 5.41) is 2.75. The van der Waals surface area contributed by atoms with Crippen molar-refractivity contribution in [2.75, 3.05) is 12.0 Å². The molecular formula is C15H16N2O3S. The number of nitrogen functional groups attached to an aromatic ring is 1. The smallest absolute Gasteiger partial charge is 0.253 e. The van der Waals surface area contributed by atoms with E-state index in [1.165, 1.54) is 12.1 Å². The fourth-order valence-corrected chi connectivity index (χ4v) is 2.47. The molecule has 0 saturated heterocycles. The van der Waals surface area contributed by atoms with E-state index in [1.807, 2.05) is 0 Å². The number of anilines is 1. The molecule has 0 bridgehead atoms. The van der Waals surface area contributed by atoms with Crippen molar-refractivity contribution in [1.29, 1.82) is 0 Å². The molecule has 1 amide bonds. The zero-order valence-corrected chi connectivity index (χ0v) is 12.4. The van der Waals surface area contributed by atoms with Crippen LogP contribution in [-0.4, -0.2) is 20.6 Å². The molecule has 2 aromatic rings. The van der Waals surface area contributed by atoms with Crippen molar-refractivity contribution in [3.05, 3.63) is 59.7 Å². The molecule has 0 aliphatic carbocycles. The number of hydrogen-bond acceptors (Lipinski definition) is 4. The van der Waals surface area contributed by atoms with Crippen LogP contribution in [0.2, 0.25) is 0 Å². The maximum atomic E-state index is 12.0. The molecule has 2 aromatic carbocycles. The maximum Gasteiger partial charge on any atom is 0.253 e. The summed E-state index contributed by atoms with van der Waals surface area (Å²) < 4.78 is 22.7. The molecule has 5 nitrogen and oxygen atoms in total. The van der Waals surface area contributed by atoms with Crippen molar-refractivity contribution in [3.8, 4) is 0 Å². The number of nitrogens with one attached hydrogen (secondary N) is 1. The lowest BCUT2D eigenvalue weighted by molar-refractivity contribution is 0.0952. The Balaban J connectivity index is 2.04. The zero-order valence-electron chi connectivity index (χ0n) is 11.5. The van der Waals surface area contributed by atoms with Gasteiger partial charge in [0.1, 0.15) is 0 Å². The van der Waals surface area contributed by atoms with Gasteiger partial charge in [0.05, 0.1) is 10.5 Å². The lowest BCUT2D eigenvalue weighted by atomic mass is 10.1. The first-order chi connectivity index (χ1) is 9.88. The number of carbonyl (C=O) groups is 1. The average molecular weight is 304 g/mol. The predicted molar refractivity (Wildman–Crippen MR) is 81.6 cm³/mol. The third kappa shape index (κ3) is 3.82. The van der Waals surface area contributed by atoms with Crippen molar-refractivity contribution in [3.63, 3.8) is 0 Å². The van der Waals surface area contributed by atoms with E-state index >= 15 is 0 Å². The Morgan fingerprint density at radius 2 is 1.71 bits per heavy atom. The van der Waals surface area contributed by atoms with Crippen LogP contribution in [0.5, 0.6) is 0 Å². The van der Waals surface area contributed by atoms with Crippen LogP contribution < -0.4 is 11.1 Å². The third-order valence-electron chi connectivity index (χ3n) is 3.01. The van der Waals surface area contributed by atoms with Gasteiger partial charge in [-0.3, -0.25) is 4.79 Å². The SMILES string of the molecule is CS(=O)(=O)c1ccc(CNC(=O)c2ccccc2N)cc1. The van der Waals surface area contributed by atoms with E-state index in [9.17, 15) is 13.2 Å². The van der Waals surface area contributed by atoms with Gasteiger partial charge in [0.2, 0.25) is 0 Å². The van der Waals surface area contributed by atoms with Crippen LogP contribution in [0.15, 0.2) is 53.4 Å². The Kier molecular flexibility index (Phi) is 4.28. The molecule has 3 N–H and O–H groups in total. The monoisotopic (exact) mass is 304 g/mol. The number of carbonyl (C=O) groups excluding carboxylic acids is 1. The topological polar surface area (TPSA) is 89.3 Å². The second-order valence-electron chi connectivity index (χ2n) is 4.69. The highest BCUT2D eigenvalue weighted by Crippen LogP contribution is 2.12. The molecule has 2 rings (SSSR count). The Morgan fingerprint density at radius 3 is 2.29 bits per heavy atom. The normalized spacial score (nSPS) is 11.1. The van der Waals surface area contributed by atoms with Crippen LogP contribution in [0, 0.1) is 0 Å². The van der Waals surface area contributed by atoms with Gasteiger partial charge < -0.3 is 11.1 Å². The largest absolute Gasteiger partial charge is 0.398 e. The number of rotatable bonds is 4. The minimum absolute atomic E-state index is 0.255. The van der Waals surface area contributed by atoms with Crippen LogP contribution >= 0.6 is 0 Å². The molecule has 21 heavy (non-hydrogen) atoms. The van der Waals surface area contributed by atoms with Crippen LogP contribution in [0.1, 0.15) is 15.9 Å². The lowest BCUT2D eigenvalue weighted by Gasteiger charge is -2.08. The number of nitrogens with two attached hydrogens (primary N) is 1. The fraction of sp³-hybridized carbons (Fsp3) is 0.133. The van der Waals surface area contributed by atoms with Gasteiger partial charge in [-0.15, -0.1) is 0 Å². The van der Waals surface area contributed by atoms with Gasteiger partial charge in [-0.05, 0) is 29.8 Å². The highest BCUT2D eigenvalue weighted by atomic mass is 32.2. The molecule has 110 valence electrons. The average Bonchev–Trinajstić information content (AvgIpc) is 2.45. The van der Waals surface area contributed by atoms with Crippen LogP contribution in [0.4, 0.5) is 5.69 Å². The summed E-state index contributed by atoms with van der Waals surface area (Å²) in [5.74, 6) is -0.264. The first-order valence-electron chi connectivity index (χ1n) is 6.29. The molecule has 0 fully saturated rings. The first kappa shape index (κ1) is 15.1. The van der Waals surface area contributed by atoms with E-state index < -0.39 is 9.84 Å². The quantitative estimate of drug-likeness (QED) is 0.840. The Morgan fingerprint density at radius 1 is 1.10 bits per heavy atom. The Labute approximate surface area is 123 Å².